The highest BCUT2D eigenvalue weighted by Crippen LogP contribution is 2.20. The van der Waals surface area contributed by atoms with Crippen molar-refractivity contribution < 1.29 is 14.7 Å². The maximum Gasteiger partial charge on any atom is 0.349 e. The summed E-state index contributed by atoms with van der Waals surface area (Å²) in [4.78, 5) is 21.8. The molecule has 5 nitrogen and oxygen atoms in total. The lowest BCUT2D eigenvalue weighted by atomic mass is 10.4. The molecule has 0 saturated heterocycles. The predicted octanol–water partition coefficient (Wildman–Crippen LogP) is 2.16. The van der Waals surface area contributed by atoms with Crippen LogP contribution in [-0.4, -0.2) is 21.4 Å². The normalized spacial score (nSPS) is 11.9. The van der Waals surface area contributed by atoms with Gasteiger partial charge in [-0.15, -0.1) is 0 Å². The summed E-state index contributed by atoms with van der Waals surface area (Å²) in [6.45, 7) is 1.76. The molecule has 2 N–H and O–H groups in total. The van der Waals surface area contributed by atoms with Gasteiger partial charge in [0.05, 0.1) is 5.69 Å². The van der Waals surface area contributed by atoms with E-state index in [9.17, 15) is 9.59 Å². The molecule has 16 heavy (non-hydrogen) atoms. The Hall–Kier alpha value is -1.11. The Morgan fingerprint density at radius 3 is 2.50 bits per heavy atom. The van der Waals surface area contributed by atoms with Gasteiger partial charge in [-0.2, -0.15) is 4.37 Å². The Balaban J connectivity index is 2.81. The van der Waals surface area contributed by atoms with Crippen LogP contribution in [0.25, 0.3) is 0 Å². The minimum absolute atomic E-state index is 0.468. The lowest BCUT2D eigenvalue weighted by molar-refractivity contribution is -0.132. The molecule has 0 unspecified atom stereocenters. The third kappa shape index (κ3) is 3.19. The van der Waals surface area contributed by atoms with Crippen LogP contribution in [0.5, 0.6) is 0 Å². The summed E-state index contributed by atoms with van der Waals surface area (Å²) < 4.78 is 3.93. The van der Waals surface area contributed by atoms with E-state index in [-0.39, 0.29) is 0 Å². The standard InChI is InChI=1S/C8H6Cl2N2O3S/c1-3-2-4(16-12-3)11-7(13)5(9)6(10)8(14)15/h2H,1H3,(H,11,13)(H,14,15)/b6-5+. The van der Waals surface area contributed by atoms with Crippen LogP contribution in [-0.2, 0) is 9.59 Å². The van der Waals surface area contributed by atoms with Crippen molar-refractivity contribution >= 4 is 51.6 Å². The molecule has 0 atom stereocenters. The third-order valence-electron chi connectivity index (χ3n) is 1.44. The number of aryl methyl sites for hydroxylation is 1. The molecule has 1 heterocycles. The van der Waals surface area contributed by atoms with Crippen LogP contribution in [0.4, 0.5) is 5.00 Å². The van der Waals surface area contributed by atoms with Crippen molar-refractivity contribution in [1.82, 2.24) is 4.37 Å². The number of nitrogens with one attached hydrogen (secondary N) is 1. The molecule has 8 heteroatoms. The van der Waals surface area contributed by atoms with E-state index in [1.165, 1.54) is 0 Å². The fraction of sp³-hybridized carbons (Fsp3) is 0.125. The van der Waals surface area contributed by atoms with Gasteiger partial charge < -0.3 is 10.4 Å². The molecule has 0 radical (unpaired) electrons. The van der Waals surface area contributed by atoms with Gasteiger partial charge in [0.25, 0.3) is 5.91 Å². The molecule has 1 rings (SSSR count). The van der Waals surface area contributed by atoms with Crippen molar-refractivity contribution in [2.45, 2.75) is 6.92 Å². The van der Waals surface area contributed by atoms with E-state index < -0.39 is 21.9 Å². The van der Waals surface area contributed by atoms with E-state index >= 15 is 0 Å². The van der Waals surface area contributed by atoms with Gasteiger partial charge in [-0.1, -0.05) is 23.2 Å². The average molecular weight is 281 g/mol. The molecule has 1 aromatic heterocycles. The highest BCUT2D eigenvalue weighted by atomic mass is 35.5. The molecular formula is C8H6Cl2N2O3S. The fourth-order valence-electron chi connectivity index (χ4n) is 0.783. The van der Waals surface area contributed by atoms with Crippen molar-refractivity contribution in [3.63, 3.8) is 0 Å². The first-order chi connectivity index (χ1) is 7.41. The molecule has 0 aliphatic heterocycles. The summed E-state index contributed by atoms with van der Waals surface area (Å²) in [6.07, 6.45) is 0. The largest absolute Gasteiger partial charge is 0.477 e. The maximum absolute atomic E-state index is 11.4. The van der Waals surface area contributed by atoms with Crippen molar-refractivity contribution in [2.75, 3.05) is 5.32 Å². The van der Waals surface area contributed by atoms with E-state index in [0.717, 1.165) is 17.2 Å². The maximum atomic E-state index is 11.4. The first-order valence-corrected chi connectivity index (χ1v) is 5.48. The molecule has 0 aliphatic rings. The number of nitrogens with zero attached hydrogens (tertiary/aromatic N) is 1. The molecule has 1 aromatic rings. The Bertz CT molecular complexity index is 470. The molecule has 0 aromatic carbocycles. The number of amides is 1. The van der Waals surface area contributed by atoms with Gasteiger partial charge in [0.15, 0.2) is 0 Å². The highest BCUT2D eigenvalue weighted by Gasteiger charge is 2.17. The number of halogens is 2. The van der Waals surface area contributed by atoms with Crippen LogP contribution in [0.3, 0.4) is 0 Å². The molecule has 0 spiro atoms. The van der Waals surface area contributed by atoms with Crippen LogP contribution < -0.4 is 5.32 Å². The minimum atomic E-state index is -1.46. The number of rotatable bonds is 3. The summed E-state index contributed by atoms with van der Waals surface area (Å²) in [6, 6.07) is 1.63. The van der Waals surface area contributed by atoms with E-state index in [1.54, 1.807) is 13.0 Å². The van der Waals surface area contributed by atoms with Crippen molar-refractivity contribution in [3.05, 3.63) is 21.8 Å². The first-order valence-electron chi connectivity index (χ1n) is 3.95. The van der Waals surface area contributed by atoms with Crippen LogP contribution in [0.2, 0.25) is 0 Å². The van der Waals surface area contributed by atoms with Gasteiger partial charge >= 0.3 is 5.97 Å². The quantitative estimate of drug-likeness (QED) is 0.832. The zero-order chi connectivity index (χ0) is 12.3. The minimum Gasteiger partial charge on any atom is -0.477 e. The Morgan fingerprint density at radius 1 is 1.44 bits per heavy atom. The van der Waals surface area contributed by atoms with Gasteiger partial charge in [-0.3, -0.25) is 4.79 Å². The fourth-order valence-corrected chi connectivity index (χ4v) is 1.65. The molecule has 86 valence electrons. The van der Waals surface area contributed by atoms with E-state index in [0.29, 0.717) is 5.00 Å². The molecule has 1 amide bonds. The molecular weight excluding hydrogens is 275 g/mol. The zero-order valence-corrected chi connectivity index (χ0v) is 10.3. The second kappa shape index (κ2) is 5.29. The second-order valence-electron chi connectivity index (χ2n) is 2.72. The SMILES string of the molecule is Cc1cc(NC(=O)/C(Cl)=C(\Cl)C(=O)O)sn1. The number of anilines is 1. The van der Waals surface area contributed by atoms with E-state index in [2.05, 4.69) is 9.69 Å². The van der Waals surface area contributed by atoms with E-state index in [4.69, 9.17) is 28.3 Å². The van der Waals surface area contributed by atoms with Crippen LogP contribution >= 0.6 is 34.7 Å². The summed E-state index contributed by atoms with van der Waals surface area (Å²) >= 11 is 11.8. The molecule has 0 aliphatic carbocycles. The zero-order valence-electron chi connectivity index (χ0n) is 7.95. The van der Waals surface area contributed by atoms with Crippen molar-refractivity contribution in [3.8, 4) is 0 Å². The summed E-state index contributed by atoms with van der Waals surface area (Å²) in [5.74, 6) is -2.24. The third-order valence-corrected chi connectivity index (χ3v) is 3.05. The number of carbonyl (C=O) groups excluding carboxylic acids is 1. The summed E-state index contributed by atoms with van der Waals surface area (Å²) in [5, 5.41) is 10.1. The second-order valence-corrected chi connectivity index (χ2v) is 4.28. The average Bonchev–Trinajstić information content (AvgIpc) is 2.61. The Kier molecular flexibility index (Phi) is 4.28. The molecule has 0 fully saturated rings. The number of hydrogen-bond acceptors (Lipinski definition) is 4. The number of aromatic nitrogens is 1. The highest BCUT2D eigenvalue weighted by molar-refractivity contribution is 7.10. The van der Waals surface area contributed by atoms with Crippen molar-refractivity contribution in [1.29, 1.82) is 0 Å². The van der Waals surface area contributed by atoms with Gasteiger partial charge in [0.1, 0.15) is 15.1 Å². The Labute approximate surface area is 105 Å². The van der Waals surface area contributed by atoms with Crippen molar-refractivity contribution in [2.24, 2.45) is 0 Å². The molecule has 0 bridgehead atoms. The van der Waals surface area contributed by atoms with Gasteiger partial charge in [-0.25, -0.2) is 4.79 Å². The number of carbonyl (C=O) groups is 2. The van der Waals surface area contributed by atoms with Gasteiger partial charge in [0.2, 0.25) is 0 Å². The monoisotopic (exact) mass is 280 g/mol. The van der Waals surface area contributed by atoms with Gasteiger partial charge in [0, 0.05) is 0 Å². The topological polar surface area (TPSA) is 79.3 Å². The molecule has 0 saturated carbocycles. The lowest BCUT2D eigenvalue weighted by Crippen LogP contribution is -2.13. The number of carboxylic acid groups (broad SMARTS) is 1. The van der Waals surface area contributed by atoms with Crippen LogP contribution in [0, 0.1) is 6.92 Å². The lowest BCUT2D eigenvalue weighted by Gasteiger charge is -2.00. The Morgan fingerprint density at radius 2 is 2.06 bits per heavy atom. The first kappa shape index (κ1) is 13.0. The number of hydrogen-bond donors (Lipinski definition) is 2. The predicted molar refractivity (Wildman–Crippen MR) is 61.8 cm³/mol. The summed E-state index contributed by atoms with van der Waals surface area (Å²) in [7, 11) is 0. The number of carboxylic acids is 1. The van der Waals surface area contributed by atoms with Gasteiger partial charge in [-0.05, 0) is 24.5 Å². The smallest absolute Gasteiger partial charge is 0.349 e. The van der Waals surface area contributed by atoms with Crippen LogP contribution in [0.1, 0.15) is 5.69 Å². The van der Waals surface area contributed by atoms with E-state index in [1.807, 2.05) is 0 Å². The number of aliphatic carboxylic acids is 1. The van der Waals surface area contributed by atoms with Crippen LogP contribution in [0.15, 0.2) is 16.1 Å². The summed E-state index contributed by atoms with van der Waals surface area (Å²) in [5.41, 5.74) is 0.740.